The fourth-order valence-electron chi connectivity index (χ4n) is 2.85. The Morgan fingerprint density at radius 2 is 2.13 bits per heavy atom. The minimum absolute atomic E-state index is 0.937. The van der Waals surface area contributed by atoms with E-state index < -0.39 is 0 Å². The molecule has 0 N–H and O–H groups in total. The van der Waals surface area contributed by atoms with E-state index in [9.17, 15) is 0 Å². The summed E-state index contributed by atoms with van der Waals surface area (Å²) in [6, 6.07) is 0. The Balaban J connectivity index is 1.63. The van der Waals surface area contributed by atoms with Crippen molar-refractivity contribution < 1.29 is 0 Å². The van der Waals surface area contributed by atoms with E-state index in [2.05, 4.69) is 14.9 Å². The van der Waals surface area contributed by atoms with Crippen LogP contribution in [0.1, 0.15) is 36.9 Å². The average Bonchev–Trinajstić information content (AvgIpc) is 2.86. The lowest BCUT2D eigenvalue weighted by atomic mass is 10.1. The largest absolute Gasteiger partial charge is 0.293 e. The summed E-state index contributed by atoms with van der Waals surface area (Å²) in [6.07, 6.45) is 9.36. The summed E-state index contributed by atoms with van der Waals surface area (Å²) in [5.74, 6) is 0.937. The van der Waals surface area contributed by atoms with Crippen molar-refractivity contribution in [1.29, 1.82) is 0 Å². The molecule has 80 valence electrons. The van der Waals surface area contributed by atoms with Gasteiger partial charge in [-0.1, -0.05) is 12.8 Å². The maximum atomic E-state index is 4.33. The zero-order valence-electron chi connectivity index (χ0n) is 9.02. The second-order valence-electron chi connectivity index (χ2n) is 4.81. The van der Waals surface area contributed by atoms with Gasteiger partial charge >= 0.3 is 0 Å². The summed E-state index contributed by atoms with van der Waals surface area (Å²) in [5.41, 5.74) is 2.57. The van der Waals surface area contributed by atoms with E-state index in [1.165, 1.54) is 43.5 Å². The number of hydrogen-bond acceptors (Lipinski definition) is 3. The molecule has 0 amide bonds. The van der Waals surface area contributed by atoms with Gasteiger partial charge in [-0.05, 0) is 18.8 Å². The van der Waals surface area contributed by atoms with Crippen molar-refractivity contribution >= 4 is 0 Å². The van der Waals surface area contributed by atoms with Gasteiger partial charge in [-0.2, -0.15) is 0 Å². The van der Waals surface area contributed by atoms with Gasteiger partial charge in [0, 0.05) is 31.4 Å². The molecule has 1 saturated carbocycles. The molecule has 3 heteroatoms. The Bertz CT molecular complexity index is 319. The summed E-state index contributed by atoms with van der Waals surface area (Å²) < 4.78 is 0. The summed E-state index contributed by atoms with van der Waals surface area (Å²) in [7, 11) is 0. The van der Waals surface area contributed by atoms with Crippen molar-refractivity contribution in [2.45, 2.75) is 38.8 Å². The molecule has 0 radical (unpaired) electrons. The smallest absolute Gasteiger partial charge is 0.115 e. The molecule has 2 heterocycles. The van der Waals surface area contributed by atoms with Crippen LogP contribution in [0.2, 0.25) is 0 Å². The molecule has 0 spiro atoms. The Hall–Kier alpha value is -0.960. The van der Waals surface area contributed by atoms with Gasteiger partial charge in [0.2, 0.25) is 0 Å². The van der Waals surface area contributed by atoms with Crippen LogP contribution in [0.5, 0.6) is 0 Å². The lowest BCUT2D eigenvalue weighted by Crippen LogP contribution is -2.23. The van der Waals surface area contributed by atoms with Crippen LogP contribution < -0.4 is 0 Å². The van der Waals surface area contributed by atoms with Crippen molar-refractivity contribution in [3.8, 4) is 0 Å². The topological polar surface area (TPSA) is 29.0 Å². The van der Waals surface area contributed by atoms with Gasteiger partial charge in [-0.25, -0.2) is 9.97 Å². The maximum absolute atomic E-state index is 4.33. The third kappa shape index (κ3) is 1.88. The van der Waals surface area contributed by atoms with E-state index in [1.807, 2.05) is 6.20 Å². The standard InChI is InChI=1S/C12H17N3/c1-2-4-10(3-1)6-15-7-11-5-13-9-14-12(11)8-15/h5,9-10H,1-4,6-8H2. The first-order valence-corrected chi connectivity index (χ1v) is 5.92. The molecule has 2 aliphatic rings. The molecule has 0 bridgehead atoms. The fraction of sp³-hybridized carbons (Fsp3) is 0.667. The molecule has 15 heavy (non-hydrogen) atoms. The van der Waals surface area contributed by atoms with Crippen molar-refractivity contribution in [1.82, 2.24) is 14.9 Å². The number of aromatic nitrogens is 2. The van der Waals surface area contributed by atoms with Crippen molar-refractivity contribution in [3.05, 3.63) is 23.8 Å². The van der Waals surface area contributed by atoms with Crippen LogP contribution in [0, 0.1) is 5.92 Å². The number of fused-ring (bicyclic) bond motifs is 1. The number of hydrogen-bond donors (Lipinski definition) is 0. The molecule has 0 atom stereocenters. The van der Waals surface area contributed by atoms with Gasteiger partial charge < -0.3 is 0 Å². The van der Waals surface area contributed by atoms with Crippen LogP contribution in [0.3, 0.4) is 0 Å². The molecule has 1 fully saturated rings. The second-order valence-corrected chi connectivity index (χ2v) is 4.81. The van der Waals surface area contributed by atoms with Crippen molar-refractivity contribution in [2.75, 3.05) is 6.54 Å². The summed E-state index contributed by atoms with van der Waals surface area (Å²) >= 11 is 0. The average molecular weight is 203 g/mol. The molecule has 1 aliphatic heterocycles. The predicted molar refractivity (Wildman–Crippen MR) is 58.1 cm³/mol. The van der Waals surface area contributed by atoms with Gasteiger partial charge in [0.25, 0.3) is 0 Å². The highest BCUT2D eigenvalue weighted by Gasteiger charge is 2.24. The third-order valence-electron chi connectivity index (χ3n) is 3.64. The second kappa shape index (κ2) is 3.89. The quantitative estimate of drug-likeness (QED) is 0.736. The van der Waals surface area contributed by atoms with Crippen LogP contribution in [0.4, 0.5) is 0 Å². The molecule has 1 aromatic heterocycles. The first-order valence-electron chi connectivity index (χ1n) is 5.92. The molecule has 3 nitrogen and oxygen atoms in total. The van der Waals surface area contributed by atoms with Gasteiger partial charge in [0.15, 0.2) is 0 Å². The third-order valence-corrected chi connectivity index (χ3v) is 3.64. The highest BCUT2D eigenvalue weighted by atomic mass is 15.2. The zero-order chi connectivity index (χ0) is 10.1. The van der Waals surface area contributed by atoms with E-state index in [1.54, 1.807) is 6.33 Å². The van der Waals surface area contributed by atoms with Crippen LogP contribution in [-0.2, 0) is 13.1 Å². The Kier molecular flexibility index (Phi) is 2.41. The highest BCUT2D eigenvalue weighted by Crippen LogP contribution is 2.28. The van der Waals surface area contributed by atoms with Crippen LogP contribution in [-0.4, -0.2) is 21.4 Å². The SMILES string of the molecule is c1ncc2c(n1)CN(CC1CCCC1)C2. The summed E-state index contributed by atoms with van der Waals surface area (Å²) in [6.45, 7) is 3.36. The van der Waals surface area contributed by atoms with E-state index in [-0.39, 0.29) is 0 Å². The molecule has 0 saturated heterocycles. The molecular weight excluding hydrogens is 186 g/mol. The fourth-order valence-corrected chi connectivity index (χ4v) is 2.85. The molecular formula is C12H17N3. The minimum Gasteiger partial charge on any atom is -0.293 e. The molecule has 1 aliphatic carbocycles. The summed E-state index contributed by atoms with van der Waals surface area (Å²) in [4.78, 5) is 10.9. The summed E-state index contributed by atoms with van der Waals surface area (Å²) in [5, 5.41) is 0. The lowest BCUT2D eigenvalue weighted by Gasteiger charge is -2.18. The van der Waals surface area contributed by atoms with Gasteiger partial charge in [0.1, 0.15) is 6.33 Å². The maximum Gasteiger partial charge on any atom is 0.115 e. The van der Waals surface area contributed by atoms with E-state index >= 15 is 0 Å². The zero-order valence-corrected chi connectivity index (χ0v) is 9.02. The molecule has 1 aromatic rings. The van der Waals surface area contributed by atoms with Gasteiger partial charge in [-0.3, -0.25) is 4.90 Å². The molecule has 3 rings (SSSR count). The first kappa shape index (κ1) is 9.28. The normalized spacial score (nSPS) is 22.1. The molecule has 0 unspecified atom stereocenters. The Morgan fingerprint density at radius 1 is 1.27 bits per heavy atom. The lowest BCUT2D eigenvalue weighted by molar-refractivity contribution is 0.236. The van der Waals surface area contributed by atoms with Gasteiger partial charge in [0.05, 0.1) is 5.69 Å². The van der Waals surface area contributed by atoms with Crippen molar-refractivity contribution in [2.24, 2.45) is 5.92 Å². The number of nitrogens with zero attached hydrogens (tertiary/aromatic N) is 3. The van der Waals surface area contributed by atoms with Crippen molar-refractivity contribution in [3.63, 3.8) is 0 Å². The Morgan fingerprint density at radius 3 is 2.93 bits per heavy atom. The van der Waals surface area contributed by atoms with Crippen LogP contribution in [0.15, 0.2) is 12.5 Å². The first-order chi connectivity index (χ1) is 7.42. The van der Waals surface area contributed by atoms with E-state index in [0.29, 0.717) is 0 Å². The van der Waals surface area contributed by atoms with Gasteiger partial charge in [-0.15, -0.1) is 0 Å². The minimum atomic E-state index is 0.937. The molecule has 0 aromatic carbocycles. The predicted octanol–water partition coefficient (Wildman–Crippen LogP) is 1.98. The Labute approximate surface area is 90.5 Å². The number of rotatable bonds is 2. The van der Waals surface area contributed by atoms with E-state index in [0.717, 1.165) is 19.0 Å². The highest BCUT2D eigenvalue weighted by molar-refractivity contribution is 5.20. The monoisotopic (exact) mass is 203 g/mol. The van der Waals surface area contributed by atoms with E-state index in [4.69, 9.17) is 0 Å². The van der Waals surface area contributed by atoms with Crippen LogP contribution >= 0.6 is 0 Å². The van der Waals surface area contributed by atoms with Crippen LogP contribution in [0.25, 0.3) is 0 Å².